The molecule has 0 radical (unpaired) electrons. The fraction of sp³-hybridized carbons (Fsp3) is 0.444. The molecule has 1 aromatic rings. The molecule has 0 aromatic carbocycles. The van der Waals surface area contributed by atoms with Gasteiger partial charge in [0.15, 0.2) is 0 Å². The lowest BCUT2D eigenvalue weighted by molar-refractivity contribution is 0.548. The molecule has 0 bridgehead atoms. The quantitative estimate of drug-likeness (QED) is 0.835. The molecule has 1 rings (SSSR count). The standard InChI is InChI=1S/C9H14IN3/c1-9(2,11)6-13-8-4-3-7(10)5-12-8/h3-5H,6,11H2,1-2H3,(H,12,13). The lowest BCUT2D eigenvalue weighted by Gasteiger charge is -2.19. The van der Waals surface area contributed by atoms with Crippen LogP contribution in [0, 0.1) is 3.57 Å². The summed E-state index contributed by atoms with van der Waals surface area (Å²) >= 11 is 2.23. The molecule has 1 aromatic heterocycles. The average Bonchev–Trinajstić information content (AvgIpc) is 2.02. The maximum absolute atomic E-state index is 5.82. The van der Waals surface area contributed by atoms with E-state index in [1.54, 1.807) is 0 Å². The number of nitrogens with zero attached hydrogens (tertiary/aromatic N) is 1. The van der Waals surface area contributed by atoms with Crippen LogP contribution in [0.2, 0.25) is 0 Å². The summed E-state index contributed by atoms with van der Waals surface area (Å²) in [6.07, 6.45) is 1.83. The fourth-order valence-electron chi connectivity index (χ4n) is 0.799. The summed E-state index contributed by atoms with van der Waals surface area (Å²) in [6, 6.07) is 3.97. The zero-order valence-electron chi connectivity index (χ0n) is 7.84. The van der Waals surface area contributed by atoms with Crippen molar-refractivity contribution < 1.29 is 0 Å². The Morgan fingerprint density at radius 3 is 2.69 bits per heavy atom. The second-order valence-corrected chi connectivity index (χ2v) is 4.95. The minimum Gasteiger partial charge on any atom is -0.368 e. The minimum atomic E-state index is -0.204. The van der Waals surface area contributed by atoms with Gasteiger partial charge in [0.1, 0.15) is 5.82 Å². The van der Waals surface area contributed by atoms with E-state index in [2.05, 4.69) is 32.9 Å². The summed E-state index contributed by atoms with van der Waals surface area (Å²) in [5, 5.41) is 3.17. The van der Waals surface area contributed by atoms with Crippen molar-refractivity contribution in [3.63, 3.8) is 0 Å². The third-order valence-corrected chi connectivity index (χ3v) is 2.09. The van der Waals surface area contributed by atoms with Gasteiger partial charge in [-0.3, -0.25) is 0 Å². The van der Waals surface area contributed by atoms with Crippen LogP contribution in [-0.4, -0.2) is 17.1 Å². The lowest BCUT2D eigenvalue weighted by Crippen LogP contribution is -2.39. The molecular formula is C9H14IN3. The molecule has 3 nitrogen and oxygen atoms in total. The third kappa shape index (κ3) is 4.42. The molecule has 0 spiro atoms. The Kier molecular flexibility index (Phi) is 3.49. The van der Waals surface area contributed by atoms with Crippen molar-refractivity contribution in [3.05, 3.63) is 21.9 Å². The van der Waals surface area contributed by atoms with E-state index in [-0.39, 0.29) is 5.54 Å². The first-order valence-electron chi connectivity index (χ1n) is 4.12. The molecule has 0 unspecified atom stereocenters. The zero-order valence-corrected chi connectivity index (χ0v) is 10.00. The molecule has 3 N–H and O–H groups in total. The van der Waals surface area contributed by atoms with Crippen molar-refractivity contribution >= 4 is 28.4 Å². The van der Waals surface area contributed by atoms with Crippen LogP contribution >= 0.6 is 22.6 Å². The normalized spacial score (nSPS) is 11.4. The molecular weight excluding hydrogens is 277 g/mol. The summed E-state index contributed by atoms with van der Waals surface area (Å²) in [5.41, 5.74) is 5.62. The van der Waals surface area contributed by atoms with Gasteiger partial charge in [-0.2, -0.15) is 0 Å². The van der Waals surface area contributed by atoms with Gasteiger partial charge in [0.05, 0.1) is 0 Å². The first-order valence-corrected chi connectivity index (χ1v) is 5.19. The second kappa shape index (κ2) is 4.23. The number of hydrogen-bond donors (Lipinski definition) is 2. The van der Waals surface area contributed by atoms with Crippen molar-refractivity contribution in [1.82, 2.24) is 4.98 Å². The van der Waals surface area contributed by atoms with E-state index in [0.29, 0.717) is 0 Å². The van der Waals surface area contributed by atoms with Gasteiger partial charge >= 0.3 is 0 Å². The number of rotatable bonds is 3. The summed E-state index contributed by atoms with van der Waals surface area (Å²) < 4.78 is 1.13. The summed E-state index contributed by atoms with van der Waals surface area (Å²) in [7, 11) is 0. The van der Waals surface area contributed by atoms with Gasteiger partial charge in [0, 0.05) is 21.9 Å². The van der Waals surface area contributed by atoms with Crippen molar-refractivity contribution in [3.8, 4) is 0 Å². The Balaban J connectivity index is 2.51. The maximum Gasteiger partial charge on any atom is 0.126 e. The predicted octanol–water partition coefficient (Wildman–Crippen LogP) is 1.84. The van der Waals surface area contributed by atoms with Crippen LogP contribution in [0.4, 0.5) is 5.82 Å². The number of halogens is 1. The van der Waals surface area contributed by atoms with Crippen LogP contribution in [0.15, 0.2) is 18.3 Å². The first-order chi connectivity index (χ1) is 5.97. The van der Waals surface area contributed by atoms with Crippen molar-refractivity contribution in [1.29, 1.82) is 0 Å². The van der Waals surface area contributed by atoms with E-state index < -0.39 is 0 Å². The number of hydrogen-bond acceptors (Lipinski definition) is 3. The van der Waals surface area contributed by atoms with E-state index in [1.165, 1.54) is 0 Å². The Labute approximate surface area is 92.3 Å². The van der Waals surface area contributed by atoms with Gasteiger partial charge in [-0.15, -0.1) is 0 Å². The smallest absolute Gasteiger partial charge is 0.126 e. The van der Waals surface area contributed by atoms with E-state index in [1.807, 2.05) is 32.2 Å². The van der Waals surface area contributed by atoms with Gasteiger partial charge in [0.25, 0.3) is 0 Å². The molecule has 0 aliphatic carbocycles. The molecule has 72 valence electrons. The Morgan fingerprint density at radius 2 is 2.23 bits per heavy atom. The molecule has 0 fully saturated rings. The summed E-state index contributed by atoms with van der Waals surface area (Å²) in [6.45, 7) is 4.68. The highest BCUT2D eigenvalue weighted by molar-refractivity contribution is 14.1. The van der Waals surface area contributed by atoms with Gasteiger partial charge in [0.2, 0.25) is 0 Å². The molecule has 0 aliphatic heterocycles. The fourth-order valence-corrected chi connectivity index (χ4v) is 1.12. The molecule has 4 heteroatoms. The highest BCUT2D eigenvalue weighted by atomic mass is 127. The topological polar surface area (TPSA) is 50.9 Å². The lowest BCUT2D eigenvalue weighted by atomic mass is 10.1. The maximum atomic E-state index is 5.82. The van der Waals surface area contributed by atoms with Gasteiger partial charge < -0.3 is 11.1 Å². The molecule has 0 saturated carbocycles. The zero-order chi connectivity index (χ0) is 9.90. The van der Waals surface area contributed by atoms with Crippen molar-refractivity contribution in [2.45, 2.75) is 19.4 Å². The van der Waals surface area contributed by atoms with E-state index in [9.17, 15) is 0 Å². The Hall–Kier alpha value is -0.360. The van der Waals surface area contributed by atoms with Crippen LogP contribution in [0.1, 0.15) is 13.8 Å². The predicted molar refractivity (Wildman–Crippen MR) is 63.7 cm³/mol. The highest BCUT2D eigenvalue weighted by Crippen LogP contribution is 2.07. The second-order valence-electron chi connectivity index (χ2n) is 3.70. The third-order valence-electron chi connectivity index (χ3n) is 1.45. The van der Waals surface area contributed by atoms with E-state index in [4.69, 9.17) is 5.73 Å². The number of nitrogens with two attached hydrogens (primary N) is 1. The van der Waals surface area contributed by atoms with Crippen LogP contribution in [0.5, 0.6) is 0 Å². The number of pyridine rings is 1. The largest absolute Gasteiger partial charge is 0.368 e. The van der Waals surface area contributed by atoms with Crippen molar-refractivity contribution in [2.24, 2.45) is 5.73 Å². The van der Waals surface area contributed by atoms with Gasteiger partial charge in [-0.1, -0.05) is 0 Å². The van der Waals surface area contributed by atoms with Gasteiger partial charge in [-0.05, 0) is 48.6 Å². The first kappa shape index (κ1) is 10.7. The summed E-state index contributed by atoms with van der Waals surface area (Å²) in [5.74, 6) is 0.874. The minimum absolute atomic E-state index is 0.204. The number of aromatic nitrogens is 1. The molecule has 0 saturated heterocycles. The van der Waals surface area contributed by atoms with Crippen LogP contribution in [0.3, 0.4) is 0 Å². The van der Waals surface area contributed by atoms with E-state index >= 15 is 0 Å². The molecule has 1 heterocycles. The summed E-state index contributed by atoms with van der Waals surface area (Å²) in [4.78, 5) is 4.21. The molecule has 0 amide bonds. The van der Waals surface area contributed by atoms with Crippen LogP contribution in [-0.2, 0) is 0 Å². The molecule has 0 atom stereocenters. The van der Waals surface area contributed by atoms with Crippen LogP contribution < -0.4 is 11.1 Å². The average molecular weight is 291 g/mol. The monoisotopic (exact) mass is 291 g/mol. The number of nitrogens with one attached hydrogen (secondary N) is 1. The molecule has 0 aliphatic rings. The SMILES string of the molecule is CC(C)(N)CNc1ccc(I)cn1. The van der Waals surface area contributed by atoms with Crippen LogP contribution in [0.25, 0.3) is 0 Å². The highest BCUT2D eigenvalue weighted by Gasteiger charge is 2.09. The van der Waals surface area contributed by atoms with E-state index in [0.717, 1.165) is 15.9 Å². The van der Waals surface area contributed by atoms with Gasteiger partial charge in [-0.25, -0.2) is 4.98 Å². The van der Waals surface area contributed by atoms with Crippen molar-refractivity contribution in [2.75, 3.05) is 11.9 Å². The Bertz CT molecular complexity index is 263. The number of anilines is 1. The molecule has 13 heavy (non-hydrogen) atoms. The Morgan fingerprint density at radius 1 is 1.54 bits per heavy atom.